The van der Waals surface area contributed by atoms with Crippen molar-refractivity contribution in [2.75, 3.05) is 5.32 Å². The molecule has 0 bridgehead atoms. The summed E-state index contributed by atoms with van der Waals surface area (Å²) in [5.41, 5.74) is 2.30. The highest BCUT2D eigenvalue weighted by molar-refractivity contribution is 7.22. The first-order chi connectivity index (χ1) is 11.0. The molecule has 7 nitrogen and oxygen atoms in total. The van der Waals surface area contributed by atoms with Crippen LogP contribution in [0.15, 0.2) is 30.6 Å². The molecule has 0 saturated heterocycles. The van der Waals surface area contributed by atoms with Gasteiger partial charge in [0, 0.05) is 6.20 Å². The summed E-state index contributed by atoms with van der Waals surface area (Å²) in [4.78, 5) is 27.2. The molecule has 23 heavy (non-hydrogen) atoms. The number of nitrogens with one attached hydrogen (secondary N) is 1. The van der Waals surface area contributed by atoms with Crippen molar-refractivity contribution >= 4 is 38.6 Å². The SMILES string of the molecule is Cc1cccc2sc(NC(=O)c3cnn(CCC(=O)O)c3)nc12. The maximum atomic E-state index is 12.2. The smallest absolute Gasteiger partial charge is 0.305 e. The van der Waals surface area contributed by atoms with Crippen molar-refractivity contribution in [3.63, 3.8) is 0 Å². The van der Waals surface area contributed by atoms with Crippen molar-refractivity contribution in [1.82, 2.24) is 14.8 Å². The number of rotatable bonds is 5. The fourth-order valence-electron chi connectivity index (χ4n) is 2.12. The van der Waals surface area contributed by atoms with Crippen LogP contribution in [0.2, 0.25) is 0 Å². The first-order valence-electron chi connectivity index (χ1n) is 6.94. The van der Waals surface area contributed by atoms with E-state index in [-0.39, 0.29) is 18.9 Å². The number of carboxylic acid groups (broad SMARTS) is 1. The van der Waals surface area contributed by atoms with Crippen LogP contribution < -0.4 is 5.32 Å². The van der Waals surface area contributed by atoms with Gasteiger partial charge in [0.2, 0.25) is 0 Å². The number of carbonyl (C=O) groups excluding carboxylic acids is 1. The van der Waals surface area contributed by atoms with E-state index in [2.05, 4.69) is 15.4 Å². The Balaban J connectivity index is 1.73. The maximum Gasteiger partial charge on any atom is 0.305 e. The van der Waals surface area contributed by atoms with Crippen molar-refractivity contribution in [3.8, 4) is 0 Å². The van der Waals surface area contributed by atoms with Gasteiger partial charge in [-0.15, -0.1) is 0 Å². The second-order valence-electron chi connectivity index (χ2n) is 5.03. The number of amides is 1. The minimum Gasteiger partial charge on any atom is -0.481 e. The molecule has 0 atom stereocenters. The van der Waals surface area contributed by atoms with Crippen LogP contribution in [0.25, 0.3) is 10.2 Å². The van der Waals surface area contributed by atoms with Crippen LogP contribution in [0.5, 0.6) is 0 Å². The largest absolute Gasteiger partial charge is 0.481 e. The molecule has 0 radical (unpaired) electrons. The Morgan fingerprint density at radius 3 is 2.96 bits per heavy atom. The Morgan fingerprint density at radius 1 is 1.39 bits per heavy atom. The molecule has 3 aromatic rings. The lowest BCUT2D eigenvalue weighted by Gasteiger charge is -1.98. The molecule has 1 amide bonds. The van der Waals surface area contributed by atoms with Gasteiger partial charge in [0.05, 0.1) is 34.9 Å². The average molecular weight is 330 g/mol. The van der Waals surface area contributed by atoms with Crippen molar-refractivity contribution in [2.24, 2.45) is 0 Å². The van der Waals surface area contributed by atoms with Gasteiger partial charge in [-0.1, -0.05) is 23.5 Å². The molecule has 0 aliphatic heterocycles. The van der Waals surface area contributed by atoms with Crippen LogP contribution >= 0.6 is 11.3 Å². The fourth-order valence-corrected chi connectivity index (χ4v) is 3.06. The zero-order valence-electron chi connectivity index (χ0n) is 12.3. The van der Waals surface area contributed by atoms with Gasteiger partial charge in [-0.25, -0.2) is 4.98 Å². The highest BCUT2D eigenvalue weighted by atomic mass is 32.1. The second kappa shape index (κ2) is 6.17. The summed E-state index contributed by atoms with van der Waals surface area (Å²) in [6, 6.07) is 5.88. The van der Waals surface area contributed by atoms with E-state index in [1.54, 1.807) is 0 Å². The lowest BCUT2D eigenvalue weighted by Crippen LogP contribution is -2.11. The van der Waals surface area contributed by atoms with Crippen molar-refractivity contribution in [2.45, 2.75) is 19.9 Å². The molecule has 118 valence electrons. The third kappa shape index (κ3) is 3.37. The molecular weight excluding hydrogens is 316 g/mol. The molecule has 0 unspecified atom stereocenters. The summed E-state index contributed by atoms with van der Waals surface area (Å²) in [6.45, 7) is 2.20. The molecule has 0 saturated carbocycles. The predicted molar refractivity (Wildman–Crippen MR) is 86.8 cm³/mol. The quantitative estimate of drug-likeness (QED) is 0.749. The molecular formula is C15H14N4O3S. The third-order valence-corrected chi connectivity index (χ3v) is 4.23. The van der Waals surface area contributed by atoms with E-state index in [0.29, 0.717) is 10.7 Å². The van der Waals surface area contributed by atoms with E-state index in [0.717, 1.165) is 15.8 Å². The van der Waals surface area contributed by atoms with E-state index in [4.69, 9.17) is 5.11 Å². The second-order valence-corrected chi connectivity index (χ2v) is 6.06. The summed E-state index contributed by atoms with van der Waals surface area (Å²) >= 11 is 1.41. The Labute approximate surface area is 135 Å². The van der Waals surface area contributed by atoms with Crippen LogP contribution in [0.3, 0.4) is 0 Å². The number of thiazole rings is 1. The van der Waals surface area contributed by atoms with Gasteiger partial charge in [-0.3, -0.25) is 19.6 Å². The molecule has 0 spiro atoms. The number of hydrogen-bond acceptors (Lipinski definition) is 5. The number of aliphatic carboxylic acids is 1. The summed E-state index contributed by atoms with van der Waals surface area (Å²) in [5, 5.41) is 15.9. The number of carboxylic acids is 1. The topological polar surface area (TPSA) is 97.1 Å². The van der Waals surface area contributed by atoms with Gasteiger partial charge in [0.15, 0.2) is 5.13 Å². The monoisotopic (exact) mass is 330 g/mol. The van der Waals surface area contributed by atoms with Crippen LogP contribution in [-0.4, -0.2) is 31.7 Å². The predicted octanol–water partition coefficient (Wildman–Crippen LogP) is 2.53. The summed E-state index contributed by atoms with van der Waals surface area (Å²) < 4.78 is 2.45. The summed E-state index contributed by atoms with van der Waals surface area (Å²) in [6.07, 6.45) is 2.90. The Kier molecular flexibility index (Phi) is 4.07. The standard InChI is InChI=1S/C15H14N4O3S/c1-9-3-2-4-11-13(9)17-15(23-11)18-14(22)10-7-16-19(8-10)6-5-12(20)21/h2-4,7-8H,5-6H2,1H3,(H,20,21)(H,17,18,22). The summed E-state index contributed by atoms with van der Waals surface area (Å²) in [5.74, 6) is -1.22. The molecule has 8 heteroatoms. The highest BCUT2D eigenvalue weighted by Crippen LogP contribution is 2.28. The Hall–Kier alpha value is -2.74. The van der Waals surface area contributed by atoms with Gasteiger partial charge >= 0.3 is 5.97 Å². The number of benzene rings is 1. The van der Waals surface area contributed by atoms with Crippen molar-refractivity contribution in [1.29, 1.82) is 0 Å². The zero-order chi connectivity index (χ0) is 16.4. The van der Waals surface area contributed by atoms with E-state index in [1.807, 2.05) is 25.1 Å². The van der Waals surface area contributed by atoms with E-state index in [9.17, 15) is 9.59 Å². The minimum atomic E-state index is -0.906. The summed E-state index contributed by atoms with van der Waals surface area (Å²) in [7, 11) is 0. The number of para-hydroxylation sites is 1. The molecule has 0 fully saturated rings. The number of carbonyl (C=O) groups is 2. The third-order valence-electron chi connectivity index (χ3n) is 3.29. The molecule has 3 rings (SSSR count). The Bertz CT molecular complexity index is 884. The normalized spacial score (nSPS) is 10.8. The van der Waals surface area contributed by atoms with E-state index < -0.39 is 5.97 Å². The van der Waals surface area contributed by atoms with Crippen LogP contribution in [-0.2, 0) is 11.3 Å². The number of aryl methyl sites for hydroxylation is 2. The first-order valence-corrected chi connectivity index (χ1v) is 7.76. The minimum absolute atomic E-state index is 0.0418. The fraction of sp³-hybridized carbons (Fsp3) is 0.200. The van der Waals surface area contributed by atoms with Crippen LogP contribution in [0.1, 0.15) is 22.3 Å². The number of nitrogens with zero attached hydrogens (tertiary/aromatic N) is 3. The van der Waals surface area contributed by atoms with E-state index >= 15 is 0 Å². The average Bonchev–Trinajstić information content (AvgIpc) is 3.12. The van der Waals surface area contributed by atoms with Crippen LogP contribution in [0, 0.1) is 6.92 Å². The molecule has 2 heterocycles. The number of aromatic nitrogens is 3. The molecule has 0 aliphatic carbocycles. The number of hydrogen-bond donors (Lipinski definition) is 2. The molecule has 0 aliphatic rings. The lowest BCUT2D eigenvalue weighted by molar-refractivity contribution is -0.137. The van der Waals surface area contributed by atoms with Gasteiger partial charge in [-0.05, 0) is 18.6 Å². The van der Waals surface area contributed by atoms with Crippen molar-refractivity contribution < 1.29 is 14.7 Å². The van der Waals surface area contributed by atoms with Crippen LogP contribution in [0.4, 0.5) is 5.13 Å². The van der Waals surface area contributed by atoms with Gasteiger partial charge in [0.25, 0.3) is 5.91 Å². The van der Waals surface area contributed by atoms with Gasteiger partial charge < -0.3 is 5.11 Å². The first kappa shape index (κ1) is 15.2. The van der Waals surface area contributed by atoms with Gasteiger partial charge in [-0.2, -0.15) is 5.10 Å². The maximum absolute atomic E-state index is 12.2. The number of fused-ring (bicyclic) bond motifs is 1. The molecule has 2 N–H and O–H groups in total. The molecule has 1 aromatic carbocycles. The lowest BCUT2D eigenvalue weighted by atomic mass is 10.2. The van der Waals surface area contributed by atoms with E-state index in [1.165, 1.54) is 28.4 Å². The zero-order valence-corrected chi connectivity index (χ0v) is 13.1. The number of anilines is 1. The van der Waals surface area contributed by atoms with Gasteiger partial charge in [0.1, 0.15) is 0 Å². The highest BCUT2D eigenvalue weighted by Gasteiger charge is 2.13. The molecule has 2 aromatic heterocycles. The Morgan fingerprint density at radius 2 is 2.22 bits per heavy atom. The van der Waals surface area contributed by atoms with Crippen molar-refractivity contribution in [3.05, 3.63) is 41.7 Å².